The van der Waals surface area contributed by atoms with Gasteiger partial charge >= 0.3 is 11.7 Å². The number of ether oxygens (including phenoxy) is 4. The normalized spacial score (nSPS) is 10.7. The van der Waals surface area contributed by atoms with Crippen LogP contribution >= 0.6 is 0 Å². The minimum absolute atomic E-state index is 0.306. The number of anilines is 1. The molecule has 11 nitrogen and oxygen atoms in total. The molecule has 1 aromatic carbocycles. The Bertz CT molecular complexity index is 1160. The van der Waals surface area contributed by atoms with Crippen LogP contribution in [0.2, 0.25) is 0 Å². The van der Waals surface area contributed by atoms with Crippen molar-refractivity contribution in [2.75, 3.05) is 33.7 Å². The van der Waals surface area contributed by atoms with Crippen molar-refractivity contribution in [3.63, 3.8) is 0 Å². The molecule has 0 unspecified atom stereocenters. The van der Waals surface area contributed by atoms with Gasteiger partial charge in [0.2, 0.25) is 5.78 Å². The number of esters is 1. The number of hydrogen-bond acceptors (Lipinski definition) is 9. The van der Waals surface area contributed by atoms with E-state index in [1.165, 1.54) is 41.5 Å². The van der Waals surface area contributed by atoms with E-state index < -0.39 is 35.2 Å². The lowest BCUT2D eigenvalue weighted by Crippen LogP contribution is -2.42. The van der Waals surface area contributed by atoms with Gasteiger partial charge in [-0.05, 0) is 12.1 Å². The van der Waals surface area contributed by atoms with Gasteiger partial charge in [0.15, 0.2) is 18.1 Å². The number of Topliss-reactive ketones (excluding diaryl/α,β-unsaturated/α-hetero) is 1. The van der Waals surface area contributed by atoms with Crippen molar-refractivity contribution >= 4 is 23.6 Å². The van der Waals surface area contributed by atoms with Gasteiger partial charge in [0.25, 0.3) is 5.56 Å². The van der Waals surface area contributed by atoms with E-state index in [1.54, 1.807) is 12.1 Å². The monoisotopic (exact) mass is 433 g/mol. The van der Waals surface area contributed by atoms with Gasteiger partial charge in [-0.25, -0.2) is 9.59 Å². The Hall–Kier alpha value is -4.02. The van der Waals surface area contributed by atoms with Gasteiger partial charge in [-0.3, -0.25) is 18.7 Å². The Balaban J connectivity index is 2.18. The number of aromatic nitrogens is 2. The largest absolute Gasteiger partial charge is 0.496 e. The smallest absolute Gasteiger partial charge is 0.332 e. The highest BCUT2D eigenvalue weighted by Crippen LogP contribution is 2.35. The molecule has 166 valence electrons. The van der Waals surface area contributed by atoms with Crippen LogP contribution in [-0.2, 0) is 23.6 Å². The summed E-state index contributed by atoms with van der Waals surface area (Å²) in [4.78, 5) is 48.5. The molecule has 0 radical (unpaired) electrons. The number of hydrogen-bond donors (Lipinski definition) is 1. The lowest BCUT2D eigenvalue weighted by atomic mass is 10.1. The summed E-state index contributed by atoms with van der Waals surface area (Å²) in [7, 11) is 6.93. The molecule has 0 atom stereocenters. The Morgan fingerprint density at radius 3 is 2.13 bits per heavy atom. The SMILES string of the molecule is COc1cc(OC)c(OC)cc1/C=C/C(=O)OCC(=O)c1c(N)n(C)c(=O)n(C)c1=O. The number of methoxy groups -OCH3 is 3. The second-order valence-electron chi connectivity index (χ2n) is 6.28. The van der Waals surface area contributed by atoms with Gasteiger partial charge in [-0.15, -0.1) is 0 Å². The molecule has 0 aliphatic carbocycles. The number of carbonyl (C=O) groups excluding carboxylic acids is 2. The maximum absolute atomic E-state index is 12.4. The Labute approximate surface area is 177 Å². The van der Waals surface area contributed by atoms with Gasteiger partial charge in [-0.2, -0.15) is 0 Å². The Kier molecular flexibility index (Phi) is 7.24. The summed E-state index contributed by atoms with van der Waals surface area (Å²) >= 11 is 0. The van der Waals surface area contributed by atoms with Gasteiger partial charge in [0, 0.05) is 31.8 Å². The highest BCUT2D eigenvalue weighted by Gasteiger charge is 2.21. The molecule has 0 aliphatic rings. The summed E-state index contributed by atoms with van der Waals surface area (Å²) in [5.74, 6) is -0.697. The average molecular weight is 433 g/mol. The van der Waals surface area contributed by atoms with Crippen LogP contribution in [0.25, 0.3) is 6.08 Å². The molecule has 2 aromatic rings. The number of ketones is 1. The minimum atomic E-state index is -0.868. The molecule has 2 rings (SSSR count). The van der Waals surface area contributed by atoms with Crippen LogP contribution in [0.5, 0.6) is 17.2 Å². The fraction of sp³-hybridized carbons (Fsp3) is 0.300. The van der Waals surface area contributed by atoms with Crippen molar-refractivity contribution in [2.24, 2.45) is 14.1 Å². The first-order chi connectivity index (χ1) is 14.7. The van der Waals surface area contributed by atoms with E-state index in [1.807, 2.05) is 0 Å². The summed E-state index contributed by atoms with van der Waals surface area (Å²) in [6.45, 7) is -0.732. The number of nitrogen functional groups attached to an aromatic ring is 1. The topological polar surface area (TPSA) is 141 Å². The van der Waals surface area contributed by atoms with Crippen LogP contribution in [0.3, 0.4) is 0 Å². The number of nitrogens with two attached hydrogens (primary N) is 1. The van der Waals surface area contributed by atoms with Crippen molar-refractivity contribution in [3.8, 4) is 17.2 Å². The third-order valence-corrected chi connectivity index (χ3v) is 4.47. The average Bonchev–Trinajstić information content (AvgIpc) is 2.78. The van der Waals surface area contributed by atoms with Crippen molar-refractivity contribution in [1.29, 1.82) is 0 Å². The molecule has 0 fully saturated rings. The molecular formula is C20H23N3O8. The van der Waals surface area contributed by atoms with E-state index in [0.29, 0.717) is 22.8 Å². The van der Waals surface area contributed by atoms with Crippen LogP contribution in [0.1, 0.15) is 15.9 Å². The molecule has 2 N–H and O–H groups in total. The lowest BCUT2D eigenvalue weighted by molar-refractivity contribution is -0.136. The standard InChI is InChI=1S/C20H23N3O8/c1-22-18(21)17(19(26)23(2)20(22)27)12(24)10-31-16(25)7-6-11-8-14(29-4)15(30-5)9-13(11)28-3/h6-9H,10,21H2,1-5H3/b7-6+. The van der Waals surface area contributed by atoms with Gasteiger partial charge in [0.05, 0.1) is 21.3 Å². The van der Waals surface area contributed by atoms with Gasteiger partial charge in [0.1, 0.15) is 17.1 Å². The molecule has 0 saturated heterocycles. The van der Waals surface area contributed by atoms with E-state index in [0.717, 1.165) is 15.2 Å². The minimum Gasteiger partial charge on any atom is -0.496 e. The molecule has 11 heteroatoms. The second-order valence-corrected chi connectivity index (χ2v) is 6.28. The van der Waals surface area contributed by atoms with E-state index in [4.69, 9.17) is 24.7 Å². The van der Waals surface area contributed by atoms with Crippen LogP contribution < -0.4 is 31.2 Å². The number of nitrogens with zero attached hydrogens (tertiary/aromatic N) is 2. The van der Waals surface area contributed by atoms with Crippen molar-refractivity contribution in [1.82, 2.24) is 9.13 Å². The third kappa shape index (κ3) is 4.77. The van der Waals surface area contributed by atoms with Crippen LogP contribution in [0.15, 0.2) is 27.8 Å². The predicted octanol–water partition coefficient (Wildman–Crippen LogP) is 0.131. The molecule has 1 heterocycles. The van der Waals surface area contributed by atoms with Crippen LogP contribution in [0.4, 0.5) is 5.82 Å². The Morgan fingerprint density at radius 1 is 0.968 bits per heavy atom. The molecule has 0 bridgehead atoms. The third-order valence-electron chi connectivity index (χ3n) is 4.47. The summed E-state index contributed by atoms with van der Waals surface area (Å²) in [6.07, 6.45) is 2.49. The molecule has 31 heavy (non-hydrogen) atoms. The first kappa shape index (κ1) is 23.3. The fourth-order valence-corrected chi connectivity index (χ4v) is 2.72. The molecular weight excluding hydrogens is 410 g/mol. The number of rotatable bonds is 8. The van der Waals surface area contributed by atoms with E-state index in [9.17, 15) is 19.2 Å². The summed E-state index contributed by atoms with van der Waals surface area (Å²) in [6, 6.07) is 3.19. The molecule has 0 saturated carbocycles. The zero-order chi connectivity index (χ0) is 23.3. The van der Waals surface area contributed by atoms with Crippen molar-refractivity contribution in [2.45, 2.75) is 0 Å². The zero-order valence-electron chi connectivity index (χ0n) is 17.8. The van der Waals surface area contributed by atoms with E-state index in [2.05, 4.69) is 0 Å². The number of benzene rings is 1. The van der Waals surface area contributed by atoms with Crippen molar-refractivity contribution in [3.05, 3.63) is 50.2 Å². The van der Waals surface area contributed by atoms with Gasteiger partial charge in [-0.1, -0.05) is 0 Å². The first-order valence-corrected chi connectivity index (χ1v) is 8.89. The first-order valence-electron chi connectivity index (χ1n) is 8.89. The molecule has 0 amide bonds. The Morgan fingerprint density at radius 2 is 1.55 bits per heavy atom. The highest BCUT2D eigenvalue weighted by molar-refractivity contribution is 6.02. The van der Waals surface area contributed by atoms with E-state index >= 15 is 0 Å². The maximum Gasteiger partial charge on any atom is 0.332 e. The second kappa shape index (κ2) is 9.65. The van der Waals surface area contributed by atoms with Crippen LogP contribution in [0, 0.1) is 0 Å². The van der Waals surface area contributed by atoms with Crippen molar-refractivity contribution < 1.29 is 28.5 Å². The van der Waals surface area contributed by atoms with E-state index in [-0.39, 0.29) is 5.82 Å². The maximum atomic E-state index is 12.4. The molecule has 0 aliphatic heterocycles. The summed E-state index contributed by atoms with van der Waals surface area (Å²) in [5.41, 5.74) is 4.24. The summed E-state index contributed by atoms with van der Waals surface area (Å²) in [5, 5.41) is 0. The lowest BCUT2D eigenvalue weighted by Gasteiger charge is -2.12. The fourth-order valence-electron chi connectivity index (χ4n) is 2.72. The number of carbonyl (C=O) groups is 2. The predicted molar refractivity (Wildman–Crippen MR) is 112 cm³/mol. The summed E-state index contributed by atoms with van der Waals surface area (Å²) < 4.78 is 22.3. The molecule has 0 spiro atoms. The van der Waals surface area contributed by atoms with Crippen LogP contribution in [-0.4, -0.2) is 48.8 Å². The molecule has 1 aromatic heterocycles. The zero-order valence-corrected chi connectivity index (χ0v) is 17.8. The van der Waals surface area contributed by atoms with Gasteiger partial charge < -0.3 is 24.7 Å². The highest BCUT2D eigenvalue weighted by atomic mass is 16.5. The quantitative estimate of drug-likeness (QED) is 0.349.